The van der Waals surface area contributed by atoms with Crippen LogP contribution in [0.5, 0.6) is 5.75 Å². The molecule has 176 valence electrons. The minimum absolute atomic E-state index is 0.0837. The fourth-order valence-electron chi connectivity index (χ4n) is 4.19. The molecule has 0 spiro atoms. The zero-order chi connectivity index (χ0) is 24.2. The van der Waals surface area contributed by atoms with E-state index in [4.69, 9.17) is 9.72 Å². The maximum atomic E-state index is 12.9. The topological polar surface area (TPSA) is 102 Å². The first-order valence-electron chi connectivity index (χ1n) is 11.1. The third-order valence-electron chi connectivity index (χ3n) is 6.01. The van der Waals surface area contributed by atoms with E-state index in [-0.39, 0.29) is 11.6 Å². The number of carbonyl (C=O) groups excluding carboxylic acids is 1. The average Bonchev–Trinajstić information content (AvgIpc) is 2.85. The van der Waals surface area contributed by atoms with Gasteiger partial charge in [0.25, 0.3) is 11.6 Å². The number of non-ortho nitro benzene ring substituents is 1. The second-order valence-electron chi connectivity index (χ2n) is 8.27. The molecule has 34 heavy (non-hydrogen) atoms. The molecule has 9 heteroatoms. The lowest BCUT2D eigenvalue weighted by atomic mass is 10.0. The van der Waals surface area contributed by atoms with Crippen LogP contribution >= 0.6 is 0 Å². The number of anilines is 1. The number of nitro groups is 1. The van der Waals surface area contributed by atoms with Crippen LogP contribution in [-0.4, -0.2) is 59.0 Å². The maximum absolute atomic E-state index is 12.9. The Labute approximate surface area is 198 Å². The molecule has 1 fully saturated rings. The summed E-state index contributed by atoms with van der Waals surface area (Å²) in [7, 11) is 1.65. The smallest absolute Gasteiger partial charge is 0.270 e. The van der Waals surface area contributed by atoms with Crippen LogP contribution in [0.1, 0.15) is 33.0 Å². The summed E-state index contributed by atoms with van der Waals surface area (Å²) >= 11 is 0. The summed E-state index contributed by atoms with van der Waals surface area (Å²) in [5.41, 5.74) is 3.39. The molecule has 1 aliphatic heterocycles. The lowest BCUT2D eigenvalue weighted by molar-refractivity contribution is -0.384. The molecule has 1 aliphatic rings. The molecule has 3 aromatic rings. The van der Waals surface area contributed by atoms with Gasteiger partial charge in [0.2, 0.25) is 0 Å². The van der Waals surface area contributed by atoms with Gasteiger partial charge < -0.3 is 14.5 Å². The van der Waals surface area contributed by atoms with Gasteiger partial charge in [-0.3, -0.25) is 14.9 Å². The number of aromatic nitrogens is 2. The highest BCUT2D eigenvalue weighted by Gasteiger charge is 2.26. The van der Waals surface area contributed by atoms with E-state index in [0.29, 0.717) is 44.0 Å². The fourth-order valence-corrected chi connectivity index (χ4v) is 4.19. The summed E-state index contributed by atoms with van der Waals surface area (Å²) in [4.78, 5) is 36.8. The van der Waals surface area contributed by atoms with Gasteiger partial charge in [-0.15, -0.1) is 0 Å². The van der Waals surface area contributed by atoms with Crippen molar-refractivity contribution in [1.29, 1.82) is 0 Å². The van der Waals surface area contributed by atoms with Crippen LogP contribution in [0.2, 0.25) is 0 Å². The van der Waals surface area contributed by atoms with E-state index < -0.39 is 4.92 Å². The third-order valence-corrected chi connectivity index (χ3v) is 6.01. The molecule has 1 saturated heterocycles. The average molecular weight is 462 g/mol. The number of aryl methyl sites for hydroxylation is 2. The van der Waals surface area contributed by atoms with Crippen molar-refractivity contribution >= 4 is 17.4 Å². The molecule has 1 amide bonds. The first-order chi connectivity index (χ1) is 16.4. The van der Waals surface area contributed by atoms with Crippen molar-refractivity contribution in [3.63, 3.8) is 0 Å². The van der Waals surface area contributed by atoms with Gasteiger partial charge >= 0.3 is 0 Å². The number of hydrogen-bond donors (Lipinski definition) is 0. The Hall–Kier alpha value is -4.01. The highest BCUT2D eigenvalue weighted by Crippen LogP contribution is 2.26. The summed E-state index contributed by atoms with van der Waals surface area (Å²) in [5, 5.41) is 11.1. The SMILES string of the molecule is COc1ccc(Cc2c(C)nc(C)nc2N2CCN(C(=O)c3cccc([N+](=O)[O-])c3)CC2)cc1. The third kappa shape index (κ3) is 4.98. The van der Waals surface area contributed by atoms with Crippen molar-refractivity contribution in [1.82, 2.24) is 14.9 Å². The number of rotatable bonds is 6. The summed E-state index contributed by atoms with van der Waals surface area (Å²) < 4.78 is 5.26. The van der Waals surface area contributed by atoms with E-state index in [1.54, 1.807) is 24.1 Å². The minimum Gasteiger partial charge on any atom is -0.497 e. The molecule has 2 aromatic carbocycles. The molecular formula is C25H27N5O4. The van der Waals surface area contributed by atoms with Crippen molar-refractivity contribution in [2.24, 2.45) is 0 Å². The summed E-state index contributed by atoms with van der Waals surface area (Å²) in [6.07, 6.45) is 0.693. The number of piperazine rings is 1. The Balaban J connectivity index is 1.51. The van der Waals surface area contributed by atoms with Crippen LogP contribution in [0.25, 0.3) is 0 Å². The number of ether oxygens (including phenoxy) is 1. The van der Waals surface area contributed by atoms with Gasteiger partial charge in [0.05, 0.1) is 12.0 Å². The Kier molecular flexibility index (Phi) is 6.72. The zero-order valence-electron chi connectivity index (χ0n) is 19.5. The number of amides is 1. The molecule has 0 aliphatic carbocycles. The second-order valence-corrected chi connectivity index (χ2v) is 8.27. The van der Waals surface area contributed by atoms with E-state index in [1.807, 2.05) is 38.1 Å². The van der Waals surface area contributed by atoms with Gasteiger partial charge in [0.1, 0.15) is 17.4 Å². The lowest BCUT2D eigenvalue weighted by Gasteiger charge is -2.36. The van der Waals surface area contributed by atoms with Gasteiger partial charge in [-0.1, -0.05) is 18.2 Å². The van der Waals surface area contributed by atoms with E-state index in [9.17, 15) is 14.9 Å². The van der Waals surface area contributed by atoms with E-state index in [1.165, 1.54) is 12.1 Å². The largest absolute Gasteiger partial charge is 0.497 e. The molecule has 2 heterocycles. The standard InChI is InChI=1S/C25H27N5O4/c1-17-23(15-19-7-9-22(34-3)10-8-19)24(27-18(2)26-17)28-11-13-29(14-12-28)25(31)20-5-4-6-21(16-20)30(32)33/h4-10,16H,11-15H2,1-3H3. The Bertz CT molecular complexity index is 1200. The van der Waals surface area contributed by atoms with Crippen LogP contribution < -0.4 is 9.64 Å². The number of benzene rings is 2. The molecule has 0 radical (unpaired) electrons. The number of carbonyl (C=O) groups is 1. The molecule has 0 unspecified atom stereocenters. The molecule has 9 nitrogen and oxygen atoms in total. The molecule has 4 rings (SSSR count). The first-order valence-corrected chi connectivity index (χ1v) is 11.1. The fraction of sp³-hybridized carbons (Fsp3) is 0.320. The van der Waals surface area contributed by atoms with Crippen LogP contribution in [0.3, 0.4) is 0 Å². The predicted octanol–water partition coefficient (Wildman–Crippen LogP) is 3.56. The van der Waals surface area contributed by atoms with Crippen molar-refractivity contribution < 1.29 is 14.5 Å². The molecule has 0 N–H and O–H groups in total. The van der Waals surface area contributed by atoms with Crippen molar-refractivity contribution in [2.75, 3.05) is 38.2 Å². The zero-order valence-corrected chi connectivity index (χ0v) is 19.5. The van der Waals surface area contributed by atoms with Gasteiger partial charge in [-0.2, -0.15) is 0 Å². The summed E-state index contributed by atoms with van der Waals surface area (Å²) in [5.74, 6) is 2.21. The van der Waals surface area contributed by atoms with Crippen LogP contribution in [0.4, 0.5) is 11.5 Å². The molecule has 1 aromatic heterocycles. The molecular weight excluding hydrogens is 434 g/mol. The Morgan fingerprint density at radius 2 is 1.76 bits per heavy atom. The van der Waals surface area contributed by atoms with Gasteiger partial charge in [-0.25, -0.2) is 9.97 Å². The first kappa shape index (κ1) is 23.2. The van der Waals surface area contributed by atoms with E-state index >= 15 is 0 Å². The van der Waals surface area contributed by atoms with Crippen molar-refractivity contribution in [3.8, 4) is 5.75 Å². The Morgan fingerprint density at radius 1 is 1.06 bits per heavy atom. The highest BCUT2D eigenvalue weighted by atomic mass is 16.6. The minimum atomic E-state index is -0.487. The van der Waals surface area contributed by atoms with Crippen molar-refractivity contribution in [3.05, 3.63) is 86.9 Å². The number of methoxy groups -OCH3 is 1. The van der Waals surface area contributed by atoms with Gasteiger partial charge in [0.15, 0.2) is 0 Å². The van der Waals surface area contributed by atoms with E-state index in [2.05, 4.69) is 9.88 Å². The molecule has 0 saturated carbocycles. The molecule has 0 bridgehead atoms. The number of hydrogen-bond acceptors (Lipinski definition) is 7. The Morgan fingerprint density at radius 3 is 2.41 bits per heavy atom. The second kappa shape index (κ2) is 9.86. The number of nitro benzene ring substituents is 1. The van der Waals surface area contributed by atoms with Crippen LogP contribution in [-0.2, 0) is 6.42 Å². The van der Waals surface area contributed by atoms with Crippen LogP contribution in [0, 0.1) is 24.0 Å². The highest BCUT2D eigenvalue weighted by molar-refractivity contribution is 5.95. The number of nitrogens with zero attached hydrogens (tertiary/aromatic N) is 5. The predicted molar refractivity (Wildman–Crippen MR) is 129 cm³/mol. The summed E-state index contributed by atoms with van der Waals surface area (Å²) in [6, 6.07) is 13.8. The van der Waals surface area contributed by atoms with Gasteiger partial charge in [-0.05, 0) is 37.6 Å². The lowest BCUT2D eigenvalue weighted by Crippen LogP contribution is -2.49. The van der Waals surface area contributed by atoms with Gasteiger partial charge in [0, 0.05) is 61.6 Å². The normalized spacial score (nSPS) is 13.6. The van der Waals surface area contributed by atoms with E-state index in [0.717, 1.165) is 28.4 Å². The quantitative estimate of drug-likeness (QED) is 0.408. The monoisotopic (exact) mass is 461 g/mol. The van der Waals surface area contributed by atoms with Crippen molar-refractivity contribution in [2.45, 2.75) is 20.3 Å². The summed E-state index contributed by atoms with van der Waals surface area (Å²) in [6.45, 7) is 6.13. The molecule has 0 atom stereocenters. The maximum Gasteiger partial charge on any atom is 0.270 e. The van der Waals surface area contributed by atoms with Crippen LogP contribution in [0.15, 0.2) is 48.5 Å².